The van der Waals surface area contributed by atoms with Gasteiger partial charge in [-0.2, -0.15) is 0 Å². The fourth-order valence-corrected chi connectivity index (χ4v) is 2.56. The van der Waals surface area contributed by atoms with Crippen LogP contribution < -0.4 is 0 Å². The Morgan fingerprint density at radius 2 is 2.00 bits per heavy atom. The number of fused-ring (bicyclic) bond motifs is 2. The lowest BCUT2D eigenvalue weighted by molar-refractivity contribution is 0.786. The first-order valence-corrected chi connectivity index (χ1v) is 5.15. The monoisotopic (exact) mass is 170 g/mol. The van der Waals surface area contributed by atoms with Gasteiger partial charge in [0, 0.05) is 0 Å². The number of benzene rings is 1. The summed E-state index contributed by atoms with van der Waals surface area (Å²) in [6, 6.07) is 4.79. The maximum absolute atomic E-state index is 2.42. The Labute approximate surface area is 79.3 Å². The van der Waals surface area contributed by atoms with E-state index >= 15 is 0 Å². The Morgan fingerprint density at radius 1 is 1.08 bits per heavy atom. The van der Waals surface area contributed by atoms with Crippen molar-refractivity contribution >= 4 is 6.08 Å². The highest BCUT2D eigenvalue weighted by Gasteiger charge is 2.16. The molecule has 2 aliphatic carbocycles. The van der Waals surface area contributed by atoms with Crippen molar-refractivity contribution in [1.82, 2.24) is 0 Å². The average Bonchev–Trinajstić information content (AvgIpc) is 2.46. The Kier molecular flexibility index (Phi) is 1.40. The Hall–Kier alpha value is -1.04. The molecule has 0 saturated heterocycles. The molecule has 0 fully saturated rings. The van der Waals surface area contributed by atoms with E-state index in [0.29, 0.717) is 0 Å². The molecule has 0 amide bonds. The maximum atomic E-state index is 2.42. The molecule has 13 heavy (non-hydrogen) atoms. The minimum absolute atomic E-state index is 1.22. The van der Waals surface area contributed by atoms with E-state index in [9.17, 15) is 0 Å². The van der Waals surface area contributed by atoms with Crippen LogP contribution in [0.25, 0.3) is 6.08 Å². The lowest BCUT2D eigenvalue weighted by Crippen LogP contribution is -1.97. The minimum atomic E-state index is 1.22. The van der Waals surface area contributed by atoms with Gasteiger partial charge in [0.2, 0.25) is 0 Å². The predicted octanol–water partition coefficient (Wildman–Crippen LogP) is 3.27. The van der Waals surface area contributed by atoms with E-state index in [-0.39, 0.29) is 0 Å². The number of hydrogen-bond donors (Lipinski definition) is 0. The highest BCUT2D eigenvalue weighted by Crippen LogP contribution is 2.33. The van der Waals surface area contributed by atoms with E-state index in [1.807, 2.05) is 0 Å². The van der Waals surface area contributed by atoms with Gasteiger partial charge in [-0.25, -0.2) is 0 Å². The summed E-state index contributed by atoms with van der Waals surface area (Å²) in [5.74, 6) is 0. The fraction of sp³-hybridized carbons (Fsp3) is 0.385. The molecule has 0 spiro atoms. The van der Waals surface area contributed by atoms with Crippen molar-refractivity contribution in [2.75, 3.05) is 0 Å². The molecule has 0 heteroatoms. The molecule has 0 N–H and O–H groups in total. The van der Waals surface area contributed by atoms with Crippen LogP contribution in [-0.4, -0.2) is 0 Å². The van der Waals surface area contributed by atoms with Gasteiger partial charge in [-0.15, -0.1) is 0 Å². The van der Waals surface area contributed by atoms with Crippen LogP contribution in [0, 0.1) is 6.92 Å². The van der Waals surface area contributed by atoms with E-state index in [4.69, 9.17) is 0 Å². The summed E-state index contributed by atoms with van der Waals surface area (Å²) in [5.41, 5.74) is 7.76. The van der Waals surface area contributed by atoms with Crippen LogP contribution in [0.15, 0.2) is 17.7 Å². The minimum Gasteiger partial charge on any atom is -0.0652 e. The van der Waals surface area contributed by atoms with Crippen LogP contribution in [-0.2, 0) is 12.8 Å². The molecule has 0 nitrogen and oxygen atoms in total. The zero-order valence-corrected chi connectivity index (χ0v) is 8.06. The summed E-state index contributed by atoms with van der Waals surface area (Å²) >= 11 is 0. The molecule has 2 aliphatic rings. The van der Waals surface area contributed by atoms with Crippen molar-refractivity contribution < 1.29 is 0 Å². The summed E-state index contributed by atoms with van der Waals surface area (Å²) in [6.45, 7) is 2.24. The molecule has 1 aromatic rings. The first-order chi connectivity index (χ1) is 6.33. The van der Waals surface area contributed by atoms with Crippen molar-refractivity contribution in [1.29, 1.82) is 0 Å². The first kappa shape index (κ1) is 7.37. The summed E-state index contributed by atoms with van der Waals surface area (Å²) in [5, 5.41) is 0. The van der Waals surface area contributed by atoms with Crippen molar-refractivity contribution in [3.05, 3.63) is 40.0 Å². The maximum Gasteiger partial charge on any atom is -0.00577 e. The Balaban J connectivity index is 2.27. The van der Waals surface area contributed by atoms with Crippen molar-refractivity contribution in [3.63, 3.8) is 0 Å². The molecule has 1 aromatic carbocycles. The molecule has 0 radical (unpaired) electrons. The summed E-state index contributed by atoms with van der Waals surface area (Å²) < 4.78 is 0. The molecule has 0 heterocycles. The number of aryl methyl sites for hydroxylation is 2. The fourth-order valence-electron chi connectivity index (χ4n) is 2.56. The van der Waals surface area contributed by atoms with Crippen molar-refractivity contribution in [2.45, 2.75) is 32.6 Å². The lowest BCUT2D eigenvalue weighted by atomic mass is 9.94. The van der Waals surface area contributed by atoms with Crippen LogP contribution in [0.1, 0.15) is 35.1 Å². The van der Waals surface area contributed by atoms with Gasteiger partial charge in [-0.1, -0.05) is 23.8 Å². The second kappa shape index (κ2) is 2.47. The van der Waals surface area contributed by atoms with Gasteiger partial charge in [0.25, 0.3) is 0 Å². The summed E-state index contributed by atoms with van der Waals surface area (Å²) in [4.78, 5) is 0. The topological polar surface area (TPSA) is 0 Å². The second-order valence-electron chi connectivity index (χ2n) is 4.31. The average molecular weight is 170 g/mol. The van der Waals surface area contributed by atoms with Gasteiger partial charge in [-0.3, -0.25) is 0 Å². The molecule has 66 valence electrons. The largest absolute Gasteiger partial charge is 0.0652 e. The predicted molar refractivity (Wildman–Crippen MR) is 55.8 cm³/mol. The van der Waals surface area contributed by atoms with Crippen LogP contribution >= 0.6 is 0 Å². The van der Waals surface area contributed by atoms with Crippen molar-refractivity contribution in [3.8, 4) is 0 Å². The molecule has 3 rings (SSSR count). The Bertz CT molecular complexity index is 396. The van der Waals surface area contributed by atoms with E-state index in [2.05, 4.69) is 25.1 Å². The molecule has 0 unspecified atom stereocenters. The van der Waals surface area contributed by atoms with Crippen molar-refractivity contribution in [2.24, 2.45) is 0 Å². The molecule has 3 bridgehead atoms. The molecular formula is C13H14. The number of rotatable bonds is 0. The quantitative estimate of drug-likeness (QED) is 0.560. The van der Waals surface area contributed by atoms with E-state index in [1.165, 1.54) is 36.8 Å². The number of allylic oxidation sites excluding steroid dienone is 1. The van der Waals surface area contributed by atoms with Crippen LogP contribution in [0.4, 0.5) is 0 Å². The third-order valence-electron chi connectivity index (χ3n) is 3.32. The highest BCUT2D eigenvalue weighted by atomic mass is 14.2. The zero-order valence-electron chi connectivity index (χ0n) is 8.06. The van der Waals surface area contributed by atoms with Crippen LogP contribution in [0.2, 0.25) is 0 Å². The normalized spacial score (nSPS) is 18.4. The third-order valence-corrected chi connectivity index (χ3v) is 3.32. The first-order valence-electron chi connectivity index (χ1n) is 5.15. The van der Waals surface area contributed by atoms with Gasteiger partial charge >= 0.3 is 0 Å². The third kappa shape index (κ3) is 1.05. The van der Waals surface area contributed by atoms with Gasteiger partial charge in [0.1, 0.15) is 0 Å². The van der Waals surface area contributed by atoms with Crippen LogP contribution in [0.3, 0.4) is 0 Å². The number of hydrogen-bond acceptors (Lipinski definition) is 0. The molecule has 0 aliphatic heterocycles. The smallest absolute Gasteiger partial charge is 0.00577 e. The van der Waals surface area contributed by atoms with E-state index in [1.54, 1.807) is 16.7 Å². The van der Waals surface area contributed by atoms with Gasteiger partial charge in [-0.05, 0) is 54.9 Å². The standard InChI is InChI=1S/C13H14/c1-9-5-12-6-10-3-2-4-11(9)8-13(12)7-10/h5-6,8H,2-4,7H2,1H3. The molecule has 0 aromatic heterocycles. The molecule has 0 saturated carbocycles. The van der Waals surface area contributed by atoms with E-state index < -0.39 is 0 Å². The van der Waals surface area contributed by atoms with Gasteiger partial charge in [0.15, 0.2) is 0 Å². The summed E-state index contributed by atoms with van der Waals surface area (Å²) in [7, 11) is 0. The zero-order chi connectivity index (χ0) is 8.84. The Morgan fingerprint density at radius 3 is 2.92 bits per heavy atom. The van der Waals surface area contributed by atoms with Gasteiger partial charge < -0.3 is 0 Å². The SMILES string of the molecule is Cc1cc2c3cc1CCCC(=C2)C3. The van der Waals surface area contributed by atoms with Crippen LogP contribution in [0.5, 0.6) is 0 Å². The molecule has 0 atom stereocenters. The van der Waals surface area contributed by atoms with Gasteiger partial charge in [0.05, 0.1) is 0 Å². The highest BCUT2D eigenvalue weighted by molar-refractivity contribution is 5.65. The lowest BCUT2D eigenvalue weighted by Gasteiger charge is -2.11. The second-order valence-corrected chi connectivity index (χ2v) is 4.31. The van der Waals surface area contributed by atoms with E-state index in [0.717, 1.165) is 0 Å². The molecular weight excluding hydrogens is 156 g/mol. The summed E-state index contributed by atoms with van der Waals surface area (Å²) in [6.07, 6.45) is 7.55.